The molecule has 1 aliphatic carbocycles. The zero-order valence-corrected chi connectivity index (χ0v) is 16.3. The SMILES string of the molecule is COc1ccc(N2C(=O)CC(N(C(=O)c3cccc(OC)c3)C3CC3)C2=O)cc1. The molecule has 0 radical (unpaired) electrons. The molecule has 7 nitrogen and oxygen atoms in total. The van der Waals surface area contributed by atoms with E-state index in [0.29, 0.717) is 22.7 Å². The van der Waals surface area contributed by atoms with Crippen molar-refractivity contribution < 1.29 is 23.9 Å². The van der Waals surface area contributed by atoms with E-state index in [4.69, 9.17) is 9.47 Å². The van der Waals surface area contributed by atoms with Crippen LogP contribution in [0.4, 0.5) is 5.69 Å². The van der Waals surface area contributed by atoms with Gasteiger partial charge in [0, 0.05) is 11.6 Å². The Kier molecular flexibility index (Phi) is 4.96. The lowest BCUT2D eigenvalue weighted by Gasteiger charge is -2.28. The Hall–Kier alpha value is -3.35. The smallest absolute Gasteiger partial charge is 0.257 e. The quantitative estimate of drug-likeness (QED) is 0.704. The van der Waals surface area contributed by atoms with Crippen LogP contribution in [0.3, 0.4) is 0 Å². The molecule has 3 amide bonds. The molecule has 0 aromatic heterocycles. The van der Waals surface area contributed by atoms with E-state index in [1.165, 1.54) is 12.0 Å². The van der Waals surface area contributed by atoms with Gasteiger partial charge in [-0.1, -0.05) is 6.07 Å². The summed E-state index contributed by atoms with van der Waals surface area (Å²) in [6, 6.07) is 12.8. The molecule has 4 rings (SSSR count). The molecule has 1 unspecified atom stereocenters. The fourth-order valence-electron chi connectivity index (χ4n) is 3.66. The summed E-state index contributed by atoms with van der Waals surface area (Å²) < 4.78 is 10.3. The fraction of sp³-hybridized carbons (Fsp3) is 0.318. The monoisotopic (exact) mass is 394 g/mol. The van der Waals surface area contributed by atoms with Crippen LogP contribution in [-0.4, -0.2) is 48.9 Å². The average molecular weight is 394 g/mol. The molecule has 150 valence electrons. The summed E-state index contributed by atoms with van der Waals surface area (Å²) in [6.07, 6.45) is 1.64. The van der Waals surface area contributed by atoms with Crippen molar-refractivity contribution in [2.45, 2.75) is 31.3 Å². The molecule has 2 aliphatic rings. The molecule has 1 saturated heterocycles. The first-order valence-corrected chi connectivity index (χ1v) is 9.51. The molecule has 29 heavy (non-hydrogen) atoms. The molecular weight excluding hydrogens is 372 g/mol. The molecule has 0 N–H and O–H groups in total. The van der Waals surface area contributed by atoms with Crippen LogP contribution in [0.5, 0.6) is 11.5 Å². The Balaban J connectivity index is 1.62. The number of imide groups is 1. The van der Waals surface area contributed by atoms with Crippen molar-refractivity contribution in [1.29, 1.82) is 0 Å². The average Bonchev–Trinajstić information content (AvgIpc) is 3.54. The minimum atomic E-state index is -0.796. The molecule has 2 aromatic rings. The Morgan fingerprint density at radius 1 is 1.00 bits per heavy atom. The number of hydrogen-bond acceptors (Lipinski definition) is 5. The Labute approximate surface area is 168 Å². The molecule has 2 fully saturated rings. The van der Waals surface area contributed by atoms with E-state index in [9.17, 15) is 14.4 Å². The van der Waals surface area contributed by atoms with Crippen LogP contribution < -0.4 is 14.4 Å². The van der Waals surface area contributed by atoms with Crippen molar-refractivity contribution in [3.05, 3.63) is 54.1 Å². The first-order valence-electron chi connectivity index (χ1n) is 9.51. The summed E-state index contributed by atoms with van der Waals surface area (Å²) in [6.45, 7) is 0. The number of methoxy groups -OCH3 is 2. The normalized spacial score (nSPS) is 18.7. The lowest BCUT2D eigenvalue weighted by atomic mass is 10.1. The minimum absolute atomic E-state index is 0.0168. The number of ether oxygens (including phenoxy) is 2. The highest BCUT2D eigenvalue weighted by Crippen LogP contribution is 2.35. The molecule has 0 spiro atoms. The third-order valence-electron chi connectivity index (χ3n) is 5.28. The van der Waals surface area contributed by atoms with Gasteiger partial charge >= 0.3 is 0 Å². The van der Waals surface area contributed by atoms with Gasteiger partial charge in [-0.3, -0.25) is 14.4 Å². The van der Waals surface area contributed by atoms with Gasteiger partial charge in [-0.15, -0.1) is 0 Å². The second-order valence-electron chi connectivity index (χ2n) is 7.16. The van der Waals surface area contributed by atoms with E-state index in [1.807, 2.05) is 0 Å². The predicted octanol–water partition coefficient (Wildman–Crippen LogP) is 2.64. The molecule has 1 atom stereocenters. The molecule has 1 aliphatic heterocycles. The lowest BCUT2D eigenvalue weighted by Crippen LogP contribution is -2.46. The number of carbonyl (C=O) groups is 3. The number of carbonyl (C=O) groups excluding carboxylic acids is 3. The molecule has 7 heteroatoms. The third-order valence-corrected chi connectivity index (χ3v) is 5.28. The lowest BCUT2D eigenvalue weighted by molar-refractivity contribution is -0.122. The number of rotatable bonds is 6. The van der Waals surface area contributed by atoms with Crippen LogP contribution in [0.15, 0.2) is 48.5 Å². The van der Waals surface area contributed by atoms with Crippen LogP contribution in [0.25, 0.3) is 0 Å². The number of amides is 3. The molecule has 1 heterocycles. The summed E-state index contributed by atoms with van der Waals surface area (Å²) >= 11 is 0. The highest BCUT2D eigenvalue weighted by atomic mass is 16.5. The van der Waals surface area contributed by atoms with Gasteiger partial charge < -0.3 is 14.4 Å². The van der Waals surface area contributed by atoms with E-state index in [0.717, 1.165) is 12.8 Å². The van der Waals surface area contributed by atoms with Gasteiger partial charge in [-0.05, 0) is 55.3 Å². The standard InChI is InChI=1S/C22H22N2O5/c1-28-17-10-8-16(9-11-17)24-20(25)13-19(22(24)27)23(15-6-7-15)21(26)14-4-3-5-18(12-14)29-2/h3-5,8-12,15,19H,6-7,13H2,1-2H3. The number of hydrogen-bond donors (Lipinski definition) is 0. The van der Waals surface area contributed by atoms with E-state index in [1.54, 1.807) is 60.5 Å². The second-order valence-corrected chi connectivity index (χ2v) is 7.16. The van der Waals surface area contributed by atoms with Gasteiger partial charge in [-0.2, -0.15) is 0 Å². The summed E-state index contributed by atoms with van der Waals surface area (Å²) in [5.74, 6) is 0.268. The van der Waals surface area contributed by atoms with Crippen LogP contribution >= 0.6 is 0 Å². The number of nitrogens with zero attached hydrogens (tertiary/aromatic N) is 2. The molecular formula is C22H22N2O5. The van der Waals surface area contributed by atoms with E-state index >= 15 is 0 Å². The van der Waals surface area contributed by atoms with Gasteiger partial charge in [0.25, 0.3) is 11.8 Å². The van der Waals surface area contributed by atoms with Crippen molar-refractivity contribution in [3.63, 3.8) is 0 Å². The van der Waals surface area contributed by atoms with Crippen molar-refractivity contribution in [2.75, 3.05) is 19.1 Å². The fourth-order valence-corrected chi connectivity index (χ4v) is 3.66. The first-order chi connectivity index (χ1) is 14.0. The van der Waals surface area contributed by atoms with Gasteiger partial charge in [-0.25, -0.2) is 4.90 Å². The van der Waals surface area contributed by atoms with Gasteiger partial charge in [0.15, 0.2) is 0 Å². The minimum Gasteiger partial charge on any atom is -0.497 e. The molecule has 0 bridgehead atoms. The Morgan fingerprint density at radius 3 is 2.31 bits per heavy atom. The first kappa shape index (κ1) is 19.0. The van der Waals surface area contributed by atoms with Crippen LogP contribution in [-0.2, 0) is 9.59 Å². The maximum atomic E-state index is 13.2. The Bertz CT molecular complexity index is 952. The topological polar surface area (TPSA) is 76.2 Å². The highest BCUT2D eigenvalue weighted by molar-refractivity contribution is 6.23. The Morgan fingerprint density at radius 2 is 1.69 bits per heavy atom. The summed E-state index contributed by atoms with van der Waals surface area (Å²) in [5, 5.41) is 0. The van der Waals surface area contributed by atoms with Gasteiger partial charge in [0.1, 0.15) is 17.5 Å². The zero-order valence-electron chi connectivity index (χ0n) is 16.3. The van der Waals surface area contributed by atoms with Gasteiger partial charge in [0.05, 0.1) is 26.3 Å². The van der Waals surface area contributed by atoms with Crippen molar-refractivity contribution in [2.24, 2.45) is 0 Å². The second kappa shape index (κ2) is 7.58. The molecule has 2 aromatic carbocycles. The third kappa shape index (κ3) is 3.55. The van der Waals surface area contributed by atoms with Crippen LogP contribution in [0, 0.1) is 0 Å². The summed E-state index contributed by atoms with van der Waals surface area (Å²) in [4.78, 5) is 41.8. The van der Waals surface area contributed by atoms with Crippen molar-refractivity contribution in [1.82, 2.24) is 4.90 Å². The van der Waals surface area contributed by atoms with Crippen LogP contribution in [0.1, 0.15) is 29.6 Å². The predicted molar refractivity (Wildman–Crippen MR) is 106 cm³/mol. The molecule has 1 saturated carbocycles. The number of anilines is 1. The largest absolute Gasteiger partial charge is 0.497 e. The van der Waals surface area contributed by atoms with E-state index in [2.05, 4.69) is 0 Å². The highest BCUT2D eigenvalue weighted by Gasteiger charge is 2.48. The summed E-state index contributed by atoms with van der Waals surface area (Å²) in [5.41, 5.74) is 0.923. The zero-order chi connectivity index (χ0) is 20.5. The van der Waals surface area contributed by atoms with Crippen molar-refractivity contribution >= 4 is 23.4 Å². The van der Waals surface area contributed by atoms with Gasteiger partial charge in [0.2, 0.25) is 5.91 Å². The summed E-state index contributed by atoms with van der Waals surface area (Å²) in [7, 11) is 3.09. The maximum Gasteiger partial charge on any atom is 0.257 e. The van der Waals surface area contributed by atoms with Crippen LogP contribution in [0.2, 0.25) is 0 Å². The van der Waals surface area contributed by atoms with Crippen molar-refractivity contribution in [3.8, 4) is 11.5 Å². The van der Waals surface area contributed by atoms with E-state index in [-0.39, 0.29) is 30.2 Å². The number of benzene rings is 2. The maximum absolute atomic E-state index is 13.2. The van der Waals surface area contributed by atoms with E-state index < -0.39 is 6.04 Å².